The molecule has 2 aromatic carbocycles. The van der Waals surface area contributed by atoms with Crippen LogP contribution in [0.5, 0.6) is 5.75 Å². The number of carbonyl (C=O) groups is 2. The lowest BCUT2D eigenvalue weighted by Gasteiger charge is -2.27. The van der Waals surface area contributed by atoms with Crippen LogP contribution >= 0.6 is 22.7 Å². The van der Waals surface area contributed by atoms with Crippen LogP contribution in [0.1, 0.15) is 67.0 Å². The minimum atomic E-state index is -4.06. The Morgan fingerprint density at radius 1 is 1.10 bits per heavy atom. The molecule has 0 radical (unpaired) electrons. The molecule has 3 atom stereocenters. The summed E-state index contributed by atoms with van der Waals surface area (Å²) in [6.45, 7) is 10.4. The van der Waals surface area contributed by atoms with E-state index in [0.717, 1.165) is 15.6 Å². The van der Waals surface area contributed by atoms with Crippen molar-refractivity contribution in [3.05, 3.63) is 74.6 Å². The molecule has 2 aromatic heterocycles. The maximum atomic E-state index is 13.9. The molecule has 4 aromatic rings. The zero-order valence-corrected chi connectivity index (χ0v) is 32.2. The van der Waals surface area contributed by atoms with E-state index in [0.29, 0.717) is 33.9 Å². The molecule has 6 N–H and O–H groups in total. The normalized spacial score (nSPS) is 14.1. The van der Waals surface area contributed by atoms with Gasteiger partial charge >= 0.3 is 6.09 Å². The van der Waals surface area contributed by atoms with Gasteiger partial charge in [-0.05, 0) is 99.5 Å². The van der Waals surface area contributed by atoms with Gasteiger partial charge in [-0.1, -0.05) is 18.2 Å². The Hall–Kier alpha value is -4.25. The first-order valence-electron chi connectivity index (χ1n) is 16.3. The van der Waals surface area contributed by atoms with Gasteiger partial charge in [-0.15, -0.1) is 22.7 Å². The van der Waals surface area contributed by atoms with E-state index in [1.807, 2.05) is 29.6 Å². The van der Waals surface area contributed by atoms with Crippen molar-refractivity contribution in [1.29, 1.82) is 0 Å². The number of methoxy groups -OCH3 is 1. The molecule has 0 aliphatic heterocycles. The van der Waals surface area contributed by atoms with Crippen molar-refractivity contribution in [3.63, 3.8) is 0 Å². The Bertz CT molecular complexity index is 1970. The lowest BCUT2D eigenvalue weighted by Crippen LogP contribution is -2.52. The van der Waals surface area contributed by atoms with Gasteiger partial charge in [0.05, 0.1) is 18.0 Å². The number of alkyl carbamates (subject to hydrolysis) is 1. The van der Waals surface area contributed by atoms with E-state index in [1.54, 1.807) is 70.5 Å². The molecule has 0 spiro atoms. The zero-order valence-electron chi connectivity index (χ0n) is 29.8. The second-order valence-electron chi connectivity index (χ2n) is 13.1. The minimum absolute atomic E-state index is 0.0887. The van der Waals surface area contributed by atoms with Gasteiger partial charge < -0.3 is 30.9 Å². The van der Waals surface area contributed by atoms with Gasteiger partial charge in [-0.3, -0.25) is 9.79 Å². The SMILES string of the molecule is COc1cc(C)c(S(=O)(=O)NC(N)=NCCC[C@H](NC(=O)[C@H](Cc2csc3ccccc23)NC(=O)OC(C)(C)C)C(O)c2nccs2)c(C)c1C. The topological polar surface area (TPSA) is 194 Å². The van der Waals surface area contributed by atoms with Gasteiger partial charge in [0, 0.05) is 29.2 Å². The number of guanidine groups is 1. The van der Waals surface area contributed by atoms with Gasteiger partial charge in [0.25, 0.3) is 10.0 Å². The number of nitrogens with zero attached hydrogens (tertiary/aromatic N) is 2. The van der Waals surface area contributed by atoms with Crippen LogP contribution in [0.2, 0.25) is 0 Å². The first-order valence-corrected chi connectivity index (χ1v) is 19.5. The molecule has 0 saturated heterocycles. The number of nitrogens with one attached hydrogen (secondary N) is 3. The van der Waals surface area contributed by atoms with Crippen LogP contribution in [-0.2, 0) is 26.0 Å². The van der Waals surface area contributed by atoms with Crippen LogP contribution in [-0.4, -0.2) is 67.8 Å². The highest BCUT2D eigenvalue weighted by Gasteiger charge is 2.31. The number of hydrogen-bond donors (Lipinski definition) is 5. The Balaban J connectivity index is 1.49. The minimum Gasteiger partial charge on any atom is -0.496 e. The van der Waals surface area contributed by atoms with E-state index in [1.165, 1.54) is 18.4 Å². The summed E-state index contributed by atoms with van der Waals surface area (Å²) >= 11 is 2.78. The number of carbonyl (C=O) groups excluding carboxylic acids is 2. The van der Waals surface area contributed by atoms with E-state index in [2.05, 4.69) is 25.3 Å². The Labute approximate surface area is 306 Å². The molecule has 2 heterocycles. The summed E-state index contributed by atoms with van der Waals surface area (Å²) < 4.78 is 40.8. The summed E-state index contributed by atoms with van der Waals surface area (Å²) in [4.78, 5) is 35.3. The quantitative estimate of drug-likeness (QED) is 0.0667. The fourth-order valence-electron chi connectivity index (χ4n) is 5.59. The Morgan fingerprint density at radius 3 is 2.49 bits per heavy atom. The standard InChI is InChI=1S/C35H46N6O7S3/c1-20-17-27(47-7)21(2)22(3)30(20)51(45,46)41-33(36)38-14-10-12-25(29(42)32-37-15-16-49-32)39-31(43)26(40-34(44)48-35(4,5)6)18-23-19-50-28-13-9-8-11-24(23)28/h8-9,11,13,15-17,19,25-26,29,42H,10,12,14,18H2,1-7H3,(H,39,43)(H,40,44)(H3,36,38,41)/t25-,26-,29?/m0/s1. The lowest BCUT2D eigenvalue weighted by atomic mass is 10.0. The van der Waals surface area contributed by atoms with E-state index in [9.17, 15) is 23.1 Å². The van der Waals surface area contributed by atoms with Gasteiger partial charge in [-0.2, -0.15) is 0 Å². The van der Waals surface area contributed by atoms with Crippen molar-refractivity contribution >= 4 is 60.7 Å². The molecule has 0 aliphatic rings. The number of amides is 2. The third-order valence-electron chi connectivity index (χ3n) is 8.07. The summed E-state index contributed by atoms with van der Waals surface area (Å²) in [5.74, 6) is -0.236. The number of nitrogens with two attached hydrogens (primary N) is 1. The number of benzene rings is 2. The number of aliphatic imine (C=N–C) groups is 1. The molecule has 0 saturated carbocycles. The number of fused-ring (bicyclic) bond motifs is 1. The smallest absolute Gasteiger partial charge is 0.408 e. The molecule has 51 heavy (non-hydrogen) atoms. The highest BCUT2D eigenvalue weighted by atomic mass is 32.2. The largest absolute Gasteiger partial charge is 0.496 e. The van der Waals surface area contributed by atoms with Crippen LogP contribution < -0.4 is 25.8 Å². The first-order chi connectivity index (χ1) is 24.0. The fraction of sp³-hybridized carbons (Fsp3) is 0.429. The van der Waals surface area contributed by atoms with Crippen molar-refractivity contribution < 1.29 is 32.6 Å². The van der Waals surface area contributed by atoms with Crippen molar-refractivity contribution in [2.75, 3.05) is 13.7 Å². The van der Waals surface area contributed by atoms with Gasteiger partial charge in [0.2, 0.25) is 11.9 Å². The summed E-state index contributed by atoms with van der Waals surface area (Å²) in [6.07, 6.45) is 0.370. The van der Waals surface area contributed by atoms with E-state index in [-0.39, 0.29) is 30.2 Å². The maximum Gasteiger partial charge on any atom is 0.408 e. The predicted octanol–water partition coefficient (Wildman–Crippen LogP) is 5.02. The molecular weight excluding hydrogens is 713 g/mol. The third-order valence-corrected chi connectivity index (χ3v) is 11.6. The summed E-state index contributed by atoms with van der Waals surface area (Å²) in [7, 11) is -2.53. The average molecular weight is 759 g/mol. The van der Waals surface area contributed by atoms with E-state index in [4.69, 9.17) is 15.2 Å². The molecule has 13 nitrogen and oxygen atoms in total. The molecule has 276 valence electrons. The van der Waals surface area contributed by atoms with Crippen molar-refractivity contribution in [3.8, 4) is 5.75 Å². The molecule has 0 aliphatic carbocycles. The number of hydrogen-bond acceptors (Lipinski definition) is 11. The predicted molar refractivity (Wildman–Crippen MR) is 201 cm³/mol. The molecule has 0 fully saturated rings. The number of sulfonamides is 1. The molecule has 1 unspecified atom stereocenters. The van der Waals surface area contributed by atoms with Crippen LogP contribution in [0.25, 0.3) is 10.1 Å². The average Bonchev–Trinajstić information content (AvgIpc) is 3.73. The highest BCUT2D eigenvalue weighted by molar-refractivity contribution is 7.90. The number of thiazole rings is 1. The summed E-state index contributed by atoms with van der Waals surface area (Å²) in [6, 6.07) is 7.60. The summed E-state index contributed by atoms with van der Waals surface area (Å²) in [5, 5.41) is 22.0. The zero-order chi connectivity index (χ0) is 37.5. The van der Waals surface area contributed by atoms with E-state index >= 15 is 0 Å². The Kier molecular flexibility index (Phi) is 13.1. The number of aliphatic hydroxyl groups excluding tert-OH is 1. The van der Waals surface area contributed by atoms with Gasteiger partial charge in [0.15, 0.2) is 0 Å². The number of ether oxygens (including phenoxy) is 2. The molecule has 16 heteroatoms. The number of aliphatic hydroxyl groups is 1. The molecule has 4 rings (SSSR count). The number of aryl methyl sites for hydroxylation is 1. The second kappa shape index (κ2) is 16.8. The first kappa shape index (κ1) is 39.5. The van der Waals surface area contributed by atoms with E-state index < -0.39 is 45.8 Å². The van der Waals surface area contributed by atoms with Crippen LogP contribution in [0.3, 0.4) is 0 Å². The van der Waals surface area contributed by atoms with Crippen LogP contribution in [0, 0.1) is 20.8 Å². The molecular formula is C35H46N6O7S3. The van der Waals surface area contributed by atoms with Crippen molar-refractivity contribution in [2.24, 2.45) is 10.7 Å². The molecule has 2 amide bonds. The van der Waals surface area contributed by atoms with Crippen molar-refractivity contribution in [2.45, 2.75) is 89.5 Å². The van der Waals surface area contributed by atoms with Crippen molar-refractivity contribution in [1.82, 2.24) is 20.3 Å². The number of rotatable bonds is 14. The maximum absolute atomic E-state index is 13.9. The van der Waals surface area contributed by atoms with Crippen LogP contribution in [0.4, 0.5) is 4.79 Å². The second-order valence-corrected chi connectivity index (χ2v) is 16.5. The monoisotopic (exact) mass is 758 g/mol. The Morgan fingerprint density at radius 2 is 1.82 bits per heavy atom. The summed E-state index contributed by atoms with van der Waals surface area (Å²) in [5.41, 5.74) is 7.84. The van der Waals surface area contributed by atoms with Gasteiger partial charge in [0.1, 0.15) is 28.5 Å². The third kappa shape index (κ3) is 10.4. The fourth-order valence-corrected chi connectivity index (χ4v) is 8.74. The number of aromatic nitrogens is 1. The number of thiophene rings is 1. The highest BCUT2D eigenvalue weighted by Crippen LogP contribution is 2.31. The van der Waals surface area contributed by atoms with Gasteiger partial charge in [-0.25, -0.2) is 22.9 Å². The van der Waals surface area contributed by atoms with Crippen LogP contribution in [0.15, 0.2) is 57.2 Å². The molecule has 0 bridgehead atoms. The lowest BCUT2D eigenvalue weighted by molar-refractivity contribution is -0.124.